The van der Waals surface area contributed by atoms with Gasteiger partial charge in [-0.3, -0.25) is 4.99 Å². The zero-order chi connectivity index (χ0) is 18.0. The molecule has 0 saturated carbocycles. The summed E-state index contributed by atoms with van der Waals surface area (Å²) in [5, 5.41) is 14.0. The fourth-order valence-corrected chi connectivity index (χ4v) is 4.24. The van der Waals surface area contributed by atoms with Crippen LogP contribution in [0.2, 0.25) is 5.02 Å². The molecular formula is C16H25ClIN3O3S. The van der Waals surface area contributed by atoms with Gasteiger partial charge in [0, 0.05) is 31.7 Å². The molecule has 2 N–H and O–H groups in total. The Morgan fingerprint density at radius 3 is 2.72 bits per heavy atom. The van der Waals surface area contributed by atoms with Crippen molar-refractivity contribution in [2.45, 2.75) is 24.7 Å². The van der Waals surface area contributed by atoms with Gasteiger partial charge >= 0.3 is 0 Å². The Bertz CT molecular complexity index is 725. The average molecular weight is 502 g/mol. The lowest BCUT2D eigenvalue weighted by molar-refractivity contribution is 0.179. The number of benzene rings is 1. The van der Waals surface area contributed by atoms with Gasteiger partial charge in [0.2, 0.25) is 0 Å². The van der Waals surface area contributed by atoms with E-state index in [-0.39, 0.29) is 36.3 Å². The summed E-state index contributed by atoms with van der Waals surface area (Å²) in [6.45, 7) is 4.46. The second kappa shape index (κ2) is 8.88. The number of guanidine groups is 1. The predicted molar refractivity (Wildman–Crippen MR) is 113 cm³/mol. The number of sulfone groups is 1. The fourth-order valence-electron chi connectivity index (χ4n) is 2.68. The van der Waals surface area contributed by atoms with E-state index in [4.69, 9.17) is 11.6 Å². The van der Waals surface area contributed by atoms with Gasteiger partial charge in [-0.05, 0) is 31.5 Å². The van der Waals surface area contributed by atoms with Crippen molar-refractivity contribution in [1.82, 2.24) is 10.2 Å². The van der Waals surface area contributed by atoms with Crippen LogP contribution < -0.4 is 5.32 Å². The largest absolute Gasteiger partial charge is 0.387 e. The van der Waals surface area contributed by atoms with Gasteiger partial charge in [-0.25, -0.2) is 8.42 Å². The third-order valence-electron chi connectivity index (χ3n) is 4.24. The topological polar surface area (TPSA) is 82.0 Å². The minimum atomic E-state index is -3.10. The minimum absolute atomic E-state index is 0. The third kappa shape index (κ3) is 5.45. The van der Waals surface area contributed by atoms with Crippen LogP contribution >= 0.6 is 35.6 Å². The molecule has 9 heteroatoms. The molecule has 1 unspecified atom stereocenters. The molecule has 0 aliphatic carbocycles. The molecule has 1 atom stereocenters. The fraction of sp³-hybridized carbons (Fsp3) is 0.562. The van der Waals surface area contributed by atoms with Crippen molar-refractivity contribution < 1.29 is 13.5 Å². The number of halogens is 2. The molecule has 1 fully saturated rings. The van der Waals surface area contributed by atoms with Crippen molar-refractivity contribution in [2.24, 2.45) is 4.99 Å². The van der Waals surface area contributed by atoms with Gasteiger partial charge in [-0.15, -0.1) is 24.0 Å². The lowest BCUT2D eigenvalue weighted by Crippen LogP contribution is -2.57. The van der Waals surface area contributed by atoms with Crippen LogP contribution in [0.15, 0.2) is 29.3 Å². The summed E-state index contributed by atoms with van der Waals surface area (Å²) in [6, 6.07) is 7.05. The normalized spacial score (nSPS) is 20.5. The van der Waals surface area contributed by atoms with Gasteiger partial charge < -0.3 is 15.3 Å². The van der Waals surface area contributed by atoms with Crippen LogP contribution in [0.3, 0.4) is 0 Å². The average Bonchev–Trinajstić information content (AvgIpc) is 2.51. The van der Waals surface area contributed by atoms with Crippen LogP contribution in [0.4, 0.5) is 0 Å². The van der Waals surface area contributed by atoms with Crippen molar-refractivity contribution in [3.8, 4) is 0 Å². The molecule has 2 rings (SSSR count). The Hall–Kier alpha value is -0.580. The molecule has 1 saturated heterocycles. The van der Waals surface area contributed by atoms with E-state index in [9.17, 15) is 13.5 Å². The molecule has 1 aromatic rings. The Morgan fingerprint density at radius 2 is 2.16 bits per heavy atom. The molecule has 6 nitrogen and oxygen atoms in total. The zero-order valence-electron chi connectivity index (χ0n) is 14.6. The SMILES string of the molecule is CN=C(NCC(O)c1cccc(Cl)c1)N1CCS(=O)(=O)C(C)(C)C1.I. The number of hydrogen-bond acceptors (Lipinski definition) is 4. The van der Waals surface area contributed by atoms with Gasteiger partial charge in [0.15, 0.2) is 15.8 Å². The summed E-state index contributed by atoms with van der Waals surface area (Å²) in [6.07, 6.45) is -0.734. The van der Waals surface area contributed by atoms with Gasteiger partial charge in [0.25, 0.3) is 0 Å². The highest BCUT2D eigenvalue weighted by atomic mass is 127. The molecule has 0 bridgehead atoms. The van der Waals surface area contributed by atoms with Crippen LogP contribution in [0.5, 0.6) is 0 Å². The number of nitrogens with one attached hydrogen (secondary N) is 1. The maximum Gasteiger partial charge on any atom is 0.193 e. The zero-order valence-corrected chi connectivity index (χ0v) is 18.5. The van der Waals surface area contributed by atoms with E-state index < -0.39 is 20.7 Å². The molecule has 0 aromatic heterocycles. The van der Waals surface area contributed by atoms with Crippen LogP contribution in [0.25, 0.3) is 0 Å². The molecule has 142 valence electrons. The molecular weight excluding hydrogens is 477 g/mol. The second-order valence-electron chi connectivity index (χ2n) is 6.50. The van der Waals surface area contributed by atoms with Crippen molar-refractivity contribution in [3.63, 3.8) is 0 Å². The first-order valence-corrected chi connectivity index (χ1v) is 9.81. The monoisotopic (exact) mass is 501 g/mol. The second-order valence-corrected chi connectivity index (χ2v) is 9.68. The molecule has 0 spiro atoms. The summed E-state index contributed by atoms with van der Waals surface area (Å²) < 4.78 is 23.4. The van der Waals surface area contributed by atoms with Crippen LogP contribution in [0, 0.1) is 0 Å². The lowest BCUT2D eigenvalue weighted by Gasteiger charge is -2.39. The van der Waals surface area contributed by atoms with Crippen molar-refractivity contribution in [3.05, 3.63) is 34.9 Å². The van der Waals surface area contributed by atoms with E-state index in [1.165, 1.54) is 0 Å². The van der Waals surface area contributed by atoms with E-state index >= 15 is 0 Å². The summed E-state index contributed by atoms with van der Waals surface area (Å²) >= 11 is 5.94. The van der Waals surface area contributed by atoms with Crippen molar-refractivity contribution >= 4 is 51.4 Å². The summed E-state index contributed by atoms with van der Waals surface area (Å²) in [5.41, 5.74) is 0.715. The van der Waals surface area contributed by atoms with E-state index in [1.54, 1.807) is 45.2 Å². The van der Waals surface area contributed by atoms with Crippen molar-refractivity contribution in [2.75, 3.05) is 32.4 Å². The van der Waals surface area contributed by atoms with E-state index in [0.29, 0.717) is 29.6 Å². The number of aliphatic imine (C=N–C) groups is 1. The molecule has 1 aliphatic heterocycles. The third-order valence-corrected chi connectivity index (χ3v) is 7.01. The molecule has 1 aromatic carbocycles. The Balaban J connectivity index is 0.00000312. The Labute approximate surface area is 171 Å². The van der Waals surface area contributed by atoms with Gasteiger partial charge in [0.05, 0.1) is 16.6 Å². The molecule has 0 radical (unpaired) electrons. The smallest absolute Gasteiger partial charge is 0.193 e. The van der Waals surface area contributed by atoms with Crippen LogP contribution in [0.1, 0.15) is 25.5 Å². The quantitative estimate of drug-likeness (QED) is 0.376. The summed E-state index contributed by atoms with van der Waals surface area (Å²) in [5.74, 6) is 0.677. The molecule has 1 heterocycles. The number of aliphatic hydroxyl groups is 1. The molecule has 1 aliphatic rings. The van der Waals surface area contributed by atoms with Crippen LogP contribution in [-0.2, 0) is 9.84 Å². The molecule has 0 amide bonds. The highest BCUT2D eigenvalue weighted by Crippen LogP contribution is 2.24. The number of nitrogens with zero attached hydrogens (tertiary/aromatic N) is 2. The molecule has 25 heavy (non-hydrogen) atoms. The standard InChI is InChI=1S/C16H24ClN3O3S.HI/c1-16(2)11-20(7-8-24(16,22)23)15(18-3)19-10-14(21)12-5-4-6-13(17)9-12;/h4-6,9,14,21H,7-8,10-11H2,1-3H3,(H,18,19);1H. The maximum absolute atomic E-state index is 12.1. The number of hydrogen-bond donors (Lipinski definition) is 2. The summed E-state index contributed by atoms with van der Waals surface area (Å²) in [4.78, 5) is 6.12. The van der Waals surface area contributed by atoms with Crippen LogP contribution in [-0.4, -0.2) is 61.6 Å². The Kier molecular flexibility index (Phi) is 7.97. The summed E-state index contributed by atoms with van der Waals surface area (Å²) in [7, 11) is -1.46. The maximum atomic E-state index is 12.1. The van der Waals surface area contributed by atoms with Crippen molar-refractivity contribution in [1.29, 1.82) is 0 Å². The first kappa shape index (κ1) is 22.5. The first-order valence-electron chi connectivity index (χ1n) is 7.78. The van der Waals surface area contributed by atoms with E-state index in [2.05, 4.69) is 10.3 Å². The number of rotatable bonds is 3. The minimum Gasteiger partial charge on any atom is -0.387 e. The predicted octanol–water partition coefficient (Wildman–Crippen LogP) is 2.08. The van der Waals surface area contributed by atoms with E-state index in [0.717, 1.165) is 0 Å². The van der Waals surface area contributed by atoms with Gasteiger partial charge in [-0.1, -0.05) is 23.7 Å². The Morgan fingerprint density at radius 1 is 1.48 bits per heavy atom. The lowest BCUT2D eigenvalue weighted by atomic mass is 10.1. The highest BCUT2D eigenvalue weighted by Gasteiger charge is 2.40. The van der Waals surface area contributed by atoms with E-state index in [1.807, 2.05) is 4.90 Å². The van der Waals surface area contributed by atoms with Gasteiger partial charge in [0.1, 0.15) is 0 Å². The highest BCUT2D eigenvalue weighted by molar-refractivity contribution is 14.0. The number of aliphatic hydroxyl groups excluding tert-OH is 1. The first-order chi connectivity index (χ1) is 11.2. The van der Waals surface area contributed by atoms with Gasteiger partial charge in [-0.2, -0.15) is 0 Å².